The van der Waals surface area contributed by atoms with Crippen LogP contribution in [0.1, 0.15) is 19.4 Å². The van der Waals surface area contributed by atoms with Gasteiger partial charge in [0.1, 0.15) is 0 Å². The van der Waals surface area contributed by atoms with Crippen LogP contribution in [0.5, 0.6) is 0 Å². The first kappa shape index (κ1) is 11.8. The monoisotopic (exact) mass is 246 g/mol. The van der Waals surface area contributed by atoms with E-state index in [4.69, 9.17) is 14.2 Å². The van der Waals surface area contributed by atoms with Gasteiger partial charge in [0.05, 0.1) is 30.5 Å². The average Bonchev–Trinajstić information content (AvgIpc) is 2.72. The molecule has 2 aliphatic heterocycles. The van der Waals surface area contributed by atoms with Crippen LogP contribution in [0.3, 0.4) is 0 Å². The number of ether oxygens (including phenoxy) is 3. The third-order valence-corrected chi connectivity index (χ3v) is 3.64. The van der Waals surface area contributed by atoms with E-state index in [0.717, 1.165) is 0 Å². The van der Waals surface area contributed by atoms with Gasteiger partial charge in [0.25, 0.3) is 0 Å². The van der Waals surface area contributed by atoms with Crippen molar-refractivity contribution >= 4 is 0 Å². The largest absolute Gasteiger partial charge is 0.472 e. The Balaban J connectivity index is 1.58. The quantitative estimate of drug-likeness (QED) is 0.817. The summed E-state index contributed by atoms with van der Waals surface area (Å²) >= 11 is 0. The zero-order valence-electron chi connectivity index (χ0n) is 10.7. The molecule has 0 N–H and O–H groups in total. The smallest absolute Gasteiger partial charge is 0.208 e. The summed E-state index contributed by atoms with van der Waals surface area (Å²) in [6, 6.07) is 10.2. The SMILES string of the molecule is CC(C)(OCC1OC2OC=CC12)c1ccccc1. The molecule has 0 aliphatic carbocycles. The number of rotatable bonds is 4. The van der Waals surface area contributed by atoms with Gasteiger partial charge in [-0.15, -0.1) is 0 Å². The van der Waals surface area contributed by atoms with Crippen LogP contribution in [-0.4, -0.2) is 19.0 Å². The van der Waals surface area contributed by atoms with E-state index < -0.39 is 0 Å². The molecule has 18 heavy (non-hydrogen) atoms. The number of hydrogen-bond donors (Lipinski definition) is 0. The van der Waals surface area contributed by atoms with Gasteiger partial charge in [0.2, 0.25) is 6.29 Å². The summed E-state index contributed by atoms with van der Waals surface area (Å²) in [5, 5.41) is 0. The van der Waals surface area contributed by atoms with Crippen molar-refractivity contribution in [2.24, 2.45) is 5.92 Å². The molecule has 1 fully saturated rings. The van der Waals surface area contributed by atoms with Gasteiger partial charge in [-0.25, -0.2) is 0 Å². The molecule has 3 atom stereocenters. The fourth-order valence-corrected chi connectivity index (χ4v) is 2.35. The van der Waals surface area contributed by atoms with E-state index in [0.29, 0.717) is 12.5 Å². The Morgan fingerprint density at radius 2 is 2.00 bits per heavy atom. The molecule has 3 nitrogen and oxygen atoms in total. The van der Waals surface area contributed by atoms with Gasteiger partial charge in [0, 0.05) is 0 Å². The molecular formula is C15H18O3. The van der Waals surface area contributed by atoms with Crippen LogP contribution >= 0.6 is 0 Å². The molecule has 0 saturated carbocycles. The molecule has 3 heteroatoms. The Labute approximate surface area is 107 Å². The third kappa shape index (κ3) is 2.04. The predicted molar refractivity (Wildman–Crippen MR) is 67.8 cm³/mol. The van der Waals surface area contributed by atoms with Gasteiger partial charge >= 0.3 is 0 Å². The molecule has 3 rings (SSSR count). The maximum atomic E-state index is 6.01. The molecule has 2 aliphatic rings. The average molecular weight is 246 g/mol. The lowest BCUT2D eigenvalue weighted by Crippen LogP contribution is -2.49. The molecule has 96 valence electrons. The van der Waals surface area contributed by atoms with Crippen molar-refractivity contribution in [1.82, 2.24) is 0 Å². The van der Waals surface area contributed by atoms with E-state index in [1.54, 1.807) is 6.26 Å². The Bertz CT molecular complexity index is 438. The van der Waals surface area contributed by atoms with Crippen LogP contribution in [0.15, 0.2) is 42.7 Å². The van der Waals surface area contributed by atoms with E-state index in [2.05, 4.69) is 32.1 Å². The summed E-state index contributed by atoms with van der Waals surface area (Å²) in [6.07, 6.45) is 3.82. The van der Waals surface area contributed by atoms with E-state index in [1.165, 1.54) is 5.56 Å². The van der Waals surface area contributed by atoms with Gasteiger partial charge in [0.15, 0.2) is 0 Å². The lowest BCUT2D eigenvalue weighted by molar-refractivity contribution is -0.273. The zero-order chi connectivity index (χ0) is 12.6. The van der Waals surface area contributed by atoms with Crippen LogP contribution in [0.4, 0.5) is 0 Å². The normalized spacial score (nSPS) is 29.6. The summed E-state index contributed by atoms with van der Waals surface area (Å²) in [6.45, 7) is 4.76. The Morgan fingerprint density at radius 1 is 1.22 bits per heavy atom. The van der Waals surface area contributed by atoms with Crippen molar-refractivity contribution in [1.29, 1.82) is 0 Å². The Hall–Kier alpha value is -1.32. The molecule has 1 aromatic carbocycles. The Kier molecular flexibility index (Phi) is 2.88. The first-order valence-corrected chi connectivity index (χ1v) is 6.34. The topological polar surface area (TPSA) is 27.7 Å². The second kappa shape index (κ2) is 4.41. The number of hydrogen-bond acceptors (Lipinski definition) is 3. The minimum atomic E-state index is -0.293. The maximum absolute atomic E-state index is 6.01. The van der Waals surface area contributed by atoms with Crippen LogP contribution in [0, 0.1) is 5.92 Å². The first-order valence-electron chi connectivity index (χ1n) is 6.34. The van der Waals surface area contributed by atoms with Crippen molar-refractivity contribution in [2.75, 3.05) is 6.61 Å². The summed E-state index contributed by atoms with van der Waals surface area (Å²) in [5.74, 6) is 0.358. The molecule has 0 spiro atoms. The van der Waals surface area contributed by atoms with E-state index in [9.17, 15) is 0 Å². The lowest BCUT2D eigenvalue weighted by Gasteiger charge is -2.40. The van der Waals surface area contributed by atoms with Gasteiger partial charge < -0.3 is 14.2 Å². The summed E-state index contributed by atoms with van der Waals surface area (Å²) in [4.78, 5) is 0. The zero-order valence-corrected chi connectivity index (χ0v) is 10.7. The Morgan fingerprint density at radius 3 is 2.72 bits per heavy atom. The van der Waals surface area contributed by atoms with E-state index >= 15 is 0 Å². The second-order valence-corrected chi connectivity index (χ2v) is 5.27. The van der Waals surface area contributed by atoms with Crippen LogP contribution < -0.4 is 0 Å². The van der Waals surface area contributed by atoms with Gasteiger partial charge in [-0.3, -0.25) is 0 Å². The van der Waals surface area contributed by atoms with Crippen molar-refractivity contribution < 1.29 is 14.2 Å². The molecule has 0 aromatic heterocycles. The molecule has 1 saturated heterocycles. The molecule has 3 unspecified atom stereocenters. The third-order valence-electron chi connectivity index (χ3n) is 3.64. The van der Waals surface area contributed by atoms with E-state index in [1.807, 2.05) is 18.2 Å². The highest BCUT2D eigenvalue weighted by atomic mass is 16.7. The minimum Gasteiger partial charge on any atom is -0.472 e. The van der Waals surface area contributed by atoms with Crippen molar-refractivity contribution in [3.8, 4) is 0 Å². The van der Waals surface area contributed by atoms with Gasteiger partial charge in [-0.2, -0.15) is 0 Å². The highest BCUT2D eigenvalue weighted by Crippen LogP contribution is 2.36. The van der Waals surface area contributed by atoms with Gasteiger partial charge in [-0.1, -0.05) is 30.3 Å². The summed E-state index contributed by atoms with van der Waals surface area (Å²) in [5.41, 5.74) is 0.887. The molecule has 0 bridgehead atoms. The summed E-state index contributed by atoms with van der Waals surface area (Å²) < 4.78 is 16.8. The van der Waals surface area contributed by atoms with Crippen molar-refractivity contribution in [3.05, 3.63) is 48.2 Å². The highest BCUT2D eigenvalue weighted by Gasteiger charge is 2.45. The van der Waals surface area contributed by atoms with Crippen LogP contribution in [0.2, 0.25) is 0 Å². The first-order chi connectivity index (χ1) is 8.67. The van der Waals surface area contributed by atoms with E-state index in [-0.39, 0.29) is 18.0 Å². The maximum Gasteiger partial charge on any atom is 0.208 e. The minimum absolute atomic E-state index is 0.0709. The molecule has 1 aromatic rings. The lowest BCUT2D eigenvalue weighted by atomic mass is 9.96. The van der Waals surface area contributed by atoms with Gasteiger partial charge in [-0.05, 0) is 25.5 Å². The summed E-state index contributed by atoms with van der Waals surface area (Å²) in [7, 11) is 0. The molecule has 0 amide bonds. The fourth-order valence-electron chi connectivity index (χ4n) is 2.35. The standard InChI is InChI=1S/C15H18O3/c1-15(2,11-6-4-3-5-7-11)17-10-13-12-8-9-16-14(12)18-13/h3-9,12-14H,10H2,1-2H3. The molecular weight excluding hydrogens is 228 g/mol. The molecule has 2 heterocycles. The van der Waals surface area contributed by atoms with Crippen LogP contribution in [0.25, 0.3) is 0 Å². The second-order valence-electron chi connectivity index (χ2n) is 5.27. The number of fused-ring (bicyclic) bond motifs is 1. The van der Waals surface area contributed by atoms with Crippen LogP contribution in [-0.2, 0) is 19.8 Å². The van der Waals surface area contributed by atoms with Crippen molar-refractivity contribution in [2.45, 2.75) is 31.8 Å². The number of benzene rings is 1. The predicted octanol–water partition coefficient (Wildman–Crippen LogP) is 2.82. The van der Waals surface area contributed by atoms with Crippen molar-refractivity contribution in [3.63, 3.8) is 0 Å². The fraction of sp³-hybridized carbons (Fsp3) is 0.467. The highest BCUT2D eigenvalue weighted by molar-refractivity contribution is 5.20. The molecule has 0 radical (unpaired) electrons.